The first-order valence-corrected chi connectivity index (χ1v) is 6.29. The Labute approximate surface area is 115 Å². The standard InChI is InChI=1S/C15H12ClNO2/c1-9-5-6-19-15(9)14(18)12-8-17(2)13-7-10(16)3-4-11(12)13/h3-8H,1-2H3. The predicted molar refractivity (Wildman–Crippen MR) is 74.8 cm³/mol. The Morgan fingerprint density at radius 3 is 2.79 bits per heavy atom. The highest BCUT2D eigenvalue weighted by molar-refractivity contribution is 6.31. The molecule has 0 saturated heterocycles. The maximum atomic E-state index is 12.5. The van der Waals surface area contributed by atoms with Gasteiger partial charge in [-0.05, 0) is 30.7 Å². The summed E-state index contributed by atoms with van der Waals surface area (Å²) in [6.45, 7) is 1.86. The molecular weight excluding hydrogens is 262 g/mol. The molecule has 0 bridgehead atoms. The minimum atomic E-state index is -0.101. The topological polar surface area (TPSA) is 35.1 Å². The highest BCUT2D eigenvalue weighted by atomic mass is 35.5. The highest BCUT2D eigenvalue weighted by Crippen LogP contribution is 2.26. The first kappa shape index (κ1) is 12.1. The fraction of sp³-hybridized carbons (Fsp3) is 0.133. The van der Waals surface area contributed by atoms with Gasteiger partial charge in [-0.2, -0.15) is 0 Å². The molecule has 0 N–H and O–H groups in total. The maximum Gasteiger partial charge on any atom is 0.230 e. The van der Waals surface area contributed by atoms with Crippen LogP contribution in [0.15, 0.2) is 41.1 Å². The second-order valence-electron chi connectivity index (χ2n) is 4.58. The first-order valence-electron chi connectivity index (χ1n) is 5.91. The molecule has 0 fully saturated rings. The zero-order valence-electron chi connectivity index (χ0n) is 10.6. The van der Waals surface area contributed by atoms with Gasteiger partial charge in [-0.1, -0.05) is 17.7 Å². The van der Waals surface area contributed by atoms with Crippen LogP contribution < -0.4 is 0 Å². The highest BCUT2D eigenvalue weighted by Gasteiger charge is 2.19. The van der Waals surface area contributed by atoms with Crippen molar-refractivity contribution in [2.45, 2.75) is 6.92 Å². The van der Waals surface area contributed by atoms with Crippen molar-refractivity contribution in [2.24, 2.45) is 7.05 Å². The van der Waals surface area contributed by atoms with E-state index in [0.29, 0.717) is 16.3 Å². The van der Waals surface area contributed by atoms with Gasteiger partial charge in [0.15, 0.2) is 5.76 Å². The summed E-state index contributed by atoms with van der Waals surface area (Å²) in [5.74, 6) is 0.290. The van der Waals surface area contributed by atoms with Crippen molar-refractivity contribution in [1.82, 2.24) is 4.57 Å². The number of ketones is 1. The summed E-state index contributed by atoms with van der Waals surface area (Å²) in [7, 11) is 1.89. The monoisotopic (exact) mass is 273 g/mol. The van der Waals surface area contributed by atoms with Crippen LogP contribution in [0.1, 0.15) is 21.7 Å². The van der Waals surface area contributed by atoms with Crippen molar-refractivity contribution in [1.29, 1.82) is 0 Å². The largest absolute Gasteiger partial charge is 0.461 e. The van der Waals surface area contributed by atoms with E-state index in [0.717, 1.165) is 16.5 Å². The molecule has 96 valence electrons. The molecule has 0 saturated carbocycles. The van der Waals surface area contributed by atoms with Gasteiger partial charge in [-0.15, -0.1) is 0 Å². The number of benzene rings is 1. The molecule has 3 aromatic rings. The van der Waals surface area contributed by atoms with Crippen molar-refractivity contribution < 1.29 is 9.21 Å². The van der Waals surface area contributed by atoms with Crippen molar-refractivity contribution in [2.75, 3.05) is 0 Å². The van der Waals surface area contributed by atoms with Crippen LogP contribution in [0.4, 0.5) is 0 Å². The van der Waals surface area contributed by atoms with Gasteiger partial charge in [0, 0.05) is 29.2 Å². The maximum absolute atomic E-state index is 12.5. The number of rotatable bonds is 2. The lowest BCUT2D eigenvalue weighted by Gasteiger charge is -1.98. The average Bonchev–Trinajstić information content (AvgIpc) is 2.94. The molecule has 2 heterocycles. The van der Waals surface area contributed by atoms with Crippen LogP contribution in [0.2, 0.25) is 5.02 Å². The molecule has 19 heavy (non-hydrogen) atoms. The lowest BCUT2D eigenvalue weighted by atomic mass is 10.1. The summed E-state index contributed by atoms with van der Waals surface area (Å²) in [5.41, 5.74) is 2.41. The van der Waals surface area contributed by atoms with E-state index in [-0.39, 0.29) is 5.78 Å². The number of fused-ring (bicyclic) bond motifs is 1. The molecule has 0 amide bonds. The van der Waals surface area contributed by atoms with Crippen LogP contribution in [0, 0.1) is 6.92 Å². The molecule has 0 aliphatic carbocycles. The minimum Gasteiger partial charge on any atom is -0.461 e. The summed E-state index contributed by atoms with van der Waals surface area (Å²) in [5, 5.41) is 1.54. The Hall–Kier alpha value is -2.00. The SMILES string of the molecule is Cc1ccoc1C(=O)c1cn(C)c2cc(Cl)ccc12. The van der Waals surface area contributed by atoms with Crippen LogP contribution in [-0.2, 0) is 7.05 Å². The summed E-state index contributed by atoms with van der Waals surface area (Å²) in [6.07, 6.45) is 3.34. The zero-order valence-corrected chi connectivity index (χ0v) is 11.4. The van der Waals surface area contributed by atoms with E-state index >= 15 is 0 Å². The fourth-order valence-electron chi connectivity index (χ4n) is 2.27. The van der Waals surface area contributed by atoms with Crippen molar-refractivity contribution in [3.8, 4) is 0 Å². The molecule has 0 aliphatic rings. The molecular formula is C15H12ClNO2. The van der Waals surface area contributed by atoms with Gasteiger partial charge in [0.25, 0.3) is 0 Å². The van der Waals surface area contributed by atoms with Gasteiger partial charge in [0.2, 0.25) is 5.78 Å². The molecule has 0 aliphatic heterocycles. The molecule has 3 rings (SSSR count). The Kier molecular flexibility index (Phi) is 2.72. The number of nitrogens with zero attached hydrogens (tertiary/aromatic N) is 1. The molecule has 0 atom stereocenters. The van der Waals surface area contributed by atoms with Gasteiger partial charge in [0.05, 0.1) is 11.8 Å². The van der Waals surface area contributed by atoms with E-state index in [1.807, 2.05) is 36.9 Å². The summed E-state index contributed by atoms with van der Waals surface area (Å²) >= 11 is 5.99. The van der Waals surface area contributed by atoms with Crippen LogP contribution in [-0.4, -0.2) is 10.4 Å². The van der Waals surface area contributed by atoms with Gasteiger partial charge >= 0.3 is 0 Å². The van der Waals surface area contributed by atoms with Gasteiger partial charge in [-0.3, -0.25) is 4.79 Å². The van der Waals surface area contributed by atoms with Crippen LogP contribution in [0.25, 0.3) is 10.9 Å². The van der Waals surface area contributed by atoms with Crippen LogP contribution in [0.5, 0.6) is 0 Å². The molecule has 3 nitrogen and oxygen atoms in total. The van der Waals surface area contributed by atoms with Gasteiger partial charge in [0.1, 0.15) is 0 Å². The Bertz CT molecular complexity index is 783. The third kappa shape index (κ3) is 1.87. The van der Waals surface area contributed by atoms with E-state index in [4.69, 9.17) is 16.0 Å². The van der Waals surface area contributed by atoms with E-state index in [1.165, 1.54) is 6.26 Å². The number of carbonyl (C=O) groups excluding carboxylic acids is 1. The Morgan fingerprint density at radius 1 is 1.32 bits per heavy atom. The molecule has 0 radical (unpaired) electrons. The van der Waals surface area contributed by atoms with Crippen molar-refractivity contribution >= 4 is 28.3 Å². The van der Waals surface area contributed by atoms with Crippen LogP contribution in [0.3, 0.4) is 0 Å². The first-order chi connectivity index (χ1) is 9.08. The second kappa shape index (κ2) is 4.28. The predicted octanol–water partition coefficient (Wildman–Crippen LogP) is 3.96. The number of halogens is 1. The third-order valence-corrected chi connectivity index (χ3v) is 3.50. The Balaban J connectivity index is 2.21. The van der Waals surface area contributed by atoms with E-state index in [9.17, 15) is 4.79 Å². The van der Waals surface area contributed by atoms with E-state index in [1.54, 1.807) is 12.1 Å². The molecule has 1 aromatic carbocycles. The van der Waals surface area contributed by atoms with E-state index < -0.39 is 0 Å². The smallest absolute Gasteiger partial charge is 0.230 e. The van der Waals surface area contributed by atoms with Gasteiger partial charge < -0.3 is 8.98 Å². The number of furan rings is 1. The van der Waals surface area contributed by atoms with Gasteiger partial charge in [-0.25, -0.2) is 0 Å². The van der Waals surface area contributed by atoms with E-state index in [2.05, 4.69) is 0 Å². The summed E-state index contributed by atoms with van der Waals surface area (Å²) < 4.78 is 7.17. The van der Waals surface area contributed by atoms with Crippen molar-refractivity contribution in [3.63, 3.8) is 0 Å². The zero-order chi connectivity index (χ0) is 13.6. The minimum absolute atomic E-state index is 0.101. The number of aryl methyl sites for hydroxylation is 2. The molecule has 2 aromatic heterocycles. The van der Waals surface area contributed by atoms with Crippen molar-refractivity contribution in [3.05, 3.63) is 58.6 Å². The Morgan fingerprint density at radius 2 is 2.11 bits per heavy atom. The average molecular weight is 274 g/mol. The second-order valence-corrected chi connectivity index (χ2v) is 5.01. The van der Waals surface area contributed by atoms with Crippen LogP contribution >= 0.6 is 11.6 Å². The molecule has 0 spiro atoms. The normalized spacial score (nSPS) is 11.1. The number of carbonyl (C=O) groups is 1. The lowest BCUT2D eigenvalue weighted by molar-refractivity contribution is 0.101. The number of hydrogen-bond donors (Lipinski definition) is 0. The summed E-state index contributed by atoms with van der Waals surface area (Å²) in [6, 6.07) is 7.29. The summed E-state index contributed by atoms with van der Waals surface area (Å²) in [4.78, 5) is 12.5. The number of aromatic nitrogens is 1. The number of hydrogen-bond acceptors (Lipinski definition) is 2. The lowest BCUT2D eigenvalue weighted by Crippen LogP contribution is -2.00. The molecule has 4 heteroatoms. The fourth-order valence-corrected chi connectivity index (χ4v) is 2.43. The third-order valence-electron chi connectivity index (χ3n) is 3.27. The quantitative estimate of drug-likeness (QED) is 0.662. The molecule has 0 unspecified atom stereocenters.